The molecule has 0 rings (SSSR count). The monoisotopic (exact) mass is 316 g/mol. The SMILES string of the molecule is CCCO[SiH](OCCC)OCCCCCC(Cl)Cl. The lowest BCUT2D eigenvalue weighted by atomic mass is 10.2. The maximum Gasteiger partial charge on any atom is 0.484 e. The Kier molecular flexibility index (Phi) is 14.6. The Morgan fingerprint density at radius 3 is 1.89 bits per heavy atom. The smallest absolute Gasteiger partial charge is 0.376 e. The van der Waals surface area contributed by atoms with Crippen LogP contribution in [0.25, 0.3) is 0 Å². The predicted molar refractivity (Wildman–Crippen MR) is 79.5 cm³/mol. The zero-order chi connectivity index (χ0) is 13.6. The van der Waals surface area contributed by atoms with E-state index in [9.17, 15) is 0 Å². The maximum atomic E-state index is 5.68. The number of alkyl halides is 2. The molecule has 0 N–H and O–H groups in total. The van der Waals surface area contributed by atoms with Gasteiger partial charge in [-0.3, -0.25) is 0 Å². The first kappa shape index (κ1) is 18.7. The van der Waals surface area contributed by atoms with Crippen molar-refractivity contribution >= 4 is 32.7 Å². The summed E-state index contributed by atoms with van der Waals surface area (Å²) in [4.78, 5) is -0.242. The van der Waals surface area contributed by atoms with Crippen molar-refractivity contribution in [3.8, 4) is 0 Å². The number of unbranched alkanes of at least 4 members (excludes halogenated alkanes) is 2. The molecule has 0 saturated carbocycles. The largest absolute Gasteiger partial charge is 0.484 e. The molecular weight excluding hydrogens is 291 g/mol. The van der Waals surface area contributed by atoms with Gasteiger partial charge in [0, 0.05) is 19.8 Å². The molecule has 0 spiro atoms. The maximum absolute atomic E-state index is 5.68. The van der Waals surface area contributed by atoms with Crippen LogP contribution in [0.1, 0.15) is 52.4 Å². The van der Waals surface area contributed by atoms with Crippen LogP contribution in [0.15, 0.2) is 0 Å². The Bertz CT molecular complexity index is 165. The molecule has 18 heavy (non-hydrogen) atoms. The molecule has 0 aromatic carbocycles. The van der Waals surface area contributed by atoms with E-state index in [0.29, 0.717) is 6.61 Å². The summed E-state index contributed by atoms with van der Waals surface area (Å²) in [5.41, 5.74) is 0. The molecule has 0 fully saturated rings. The molecule has 3 nitrogen and oxygen atoms in total. The van der Waals surface area contributed by atoms with Crippen molar-refractivity contribution in [2.24, 2.45) is 0 Å². The Balaban J connectivity index is 3.49. The third-order valence-electron chi connectivity index (χ3n) is 2.24. The van der Waals surface area contributed by atoms with Crippen molar-refractivity contribution in [3.05, 3.63) is 0 Å². The van der Waals surface area contributed by atoms with Gasteiger partial charge < -0.3 is 13.3 Å². The van der Waals surface area contributed by atoms with E-state index < -0.39 is 9.53 Å². The average Bonchev–Trinajstić information content (AvgIpc) is 2.35. The van der Waals surface area contributed by atoms with Crippen LogP contribution in [0.2, 0.25) is 0 Å². The molecule has 0 atom stereocenters. The Morgan fingerprint density at radius 1 is 0.833 bits per heavy atom. The number of halogens is 2. The molecule has 0 aliphatic heterocycles. The molecule has 6 heteroatoms. The van der Waals surface area contributed by atoms with E-state index in [-0.39, 0.29) is 4.84 Å². The summed E-state index contributed by atoms with van der Waals surface area (Å²) in [6, 6.07) is 0. The van der Waals surface area contributed by atoms with Gasteiger partial charge in [0.1, 0.15) is 4.84 Å². The lowest BCUT2D eigenvalue weighted by molar-refractivity contribution is 0.0917. The van der Waals surface area contributed by atoms with Gasteiger partial charge in [0.25, 0.3) is 0 Å². The van der Waals surface area contributed by atoms with Crippen molar-refractivity contribution in [2.45, 2.75) is 57.2 Å². The molecule has 0 saturated heterocycles. The molecule has 0 heterocycles. The second-order valence-corrected chi connectivity index (χ2v) is 7.00. The van der Waals surface area contributed by atoms with E-state index in [2.05, 4.69) is 13.8 Å². The Morgan fingerprint density at radius 2 is 1.39 bits per heavy atom. The van der Waals surface area contributed by atoms with Gasteiger partial charge >= 0.3 is 9.53 Å². The topological polar surface area (TPSA) is 27.7 Å². The molecule has 0 aromatic rings. The van der Waals surface area contributed by atoms with Crippen LogP contribution in [0, 0.1) is 0 Å². The normalized spacial score (nSPS) is 11.7. The first-order valence-electron chi connectivity index (χ1n) is 6.83. The summed E-state index contributed by atoms with van der Waals surface area (Å²) in [5, 5.41) is 0. The van der Waals surface area contributed by atoms with Gasteiger partial charge in [0.05, 0.1) is 0 Å². The quantitative estimate of drug-likeness (QED) is 0.292. The van der Waals surface area contributed by atoms with Crippen molar-refractivity contribution in [1.82, 2.24) is 0 Å². The van der Waals surface area contributed by atoms with Gasteiger partial charge in [-0.2, -0.15) is 0 Å². The summed E-state index contributed by atoms with van der Waals surface area (Å²) in [5.74, 6) is 0. The lowest BCUT2D eigenvalue weighted by Crippen LogP contribution is -2.28. The fourth-order valence-electron chi connectivity index (χ4n) is 1.33. The van der Waals surface area contributed by atoms with E-state index in [0.717, 1.165) is 51.7 Å². The van der Waals surface area contributed by atoms with Gasteiger partial charge in [-0.25, -0.2) is 0 Å². The lowest BCUT2D eigenvalue weighted by Gasteiger charge is -2.16. The molecule has 0 aromatic heterocycles. The van der Waals surface area contributed by atoms with E-state index >= 15 is 0 Å². The van der Waals surface area contributed by atoms with Gasteiger partial charge in [0.2, 0.25) is 0 Å². The molecular formula is C12H26Cl2O3Si. The predicted octanol–water partition coefficient (Wildman–Crippen LogP) is 3.94. The first-order valence-corrected chi connectivity index (χ1v) is 9.12. The fourth-order valence-corrected chi connectivity index (χ4v) is 3.14. The number of hydrogen-bond donors (Lipinski definition) is 0. The van der Waals surface area contributed by atoms with Gasteiger partial charge in [-0.05, 0) is 25.7 Å². The minimum Gasteiger partial charge on any atom is -0.376 e. The van der Waals surface area contributed by atoms with Crippen molar-refractivity contribution in [1.29, 1.82) is 0 Å². The van der Waals surface area contributed by atoms with Crippen molar-refractivity contribution < 1.29 is 13.3 Å². The summed E-state index contributed by atoms with van der Waals surface area (Å²) in [7, 11) is -1.89. The summed E-state index contributed by atoms with van der Waals surface area (Å²) < 4.78 is 16.9. The second-order valence-electron chi connectivity index (χ2n) is 4.14. The average molecular weight is 317 g/mol. The highest BCUT2D eigenvalue weighted by molar-refractivity contribution is 6.44. The Labute approximate surface area is 123 Å². The molecule has 0 aliphatic carbocycles. The van der Waals surface area contributed by atoms with Crippen LogP contribution >= 0.6 is 23.2 Å². The van der Waals surface area contributed by atoms with Crippen LogP contribution in [0.4, 0.5) is 0 Å². The molecule has 0 unspecified atom stereocenters. The van der Waals surface area contributed by atoms with Gasteiger partial charge in [0.15, 0.2) is 0 Å². The molecule has 0 aliphatic rings. The highest BCUT2D eigenvalue weighted by Gasteiger charge is 2.14. The van der Waals surface area contributed by atoms with Gasteiger partial charge in [-0.15, -0.1) is 23.2 Å². The summed E-state index contributed by atoms with van der Waals surface area (Å²) in [6.07, 6.45) is 5.97. The minimum atomic E-state index is -1.89. The molecule has 0 bridgehead atoms. The zero-order valence-corrected chi connectivity index (χ0v) is 14.2. The van der Waals surface area contributed by atoms with Crippen LogP contribution in [-0.4, -0.2) is 34.2 Å². The van der Waals surface area contributed by atoms with E-state index in [1.807, 2.05) is 0 Å². The zero-order valence-electron chi connectivity index (χ0n) is 11.5. The molecule has 0 radical (unpaired) electrons. The van der Waals surface area contributed by atoms with E-state index in [4.69, 9.17) is 36.5 Å². The van der Waals surface area contributed by atoms with Crippen LogP contribution < -0.4 is 0 Å². The fraction of sp³-hybridized carbons (Fsp3) is 1.00. The second kappa shape index (κ2) is 14.1. The number of hydrogen-bond acceptors (Lipinski definition) is 3. The first-order chi connectivity index (χ1) is 8.70. The van der Waals surface area contributed by atoms with E-state index in [1.165, 1.54) is 0 Å². The molecule has 0 amide bonds. The van der Waals surface area contributed by atoms with E-state index in [1.54, 1.807) is 0 Å². The van der Waals surface area contributed by atoms with Crippen LogP contribution in [0.5, 0.6) is 0 Å². The minimum absolute atomic E-state index is 0.242. The Hall–Kier alpha value is 0.677. The number of rotatable bonds is 13. The van der Waals surface area contributed by atoms with Gasteiger partial charge in [-0.1, -0.05) is 26.7 Å². The van der Waals surface area contributed by atoms with Crippen LogP contribution in [-0.2, 0) is 13.3 Å². The highest BCUT2D eigenvalue weighted by atomic mass is 35.5. The van der Waals surface area contributed by atoms with Crippen LogP contribution in [0.3, 0.4) is 0 Å². The summed E-state index contributed by atoms with van der Waals surface area (Å²) in [6.45, 7) is 6.32. The third kappa shape index (κ3) is 13.1. The third-order valence-corrected chi connectivity index (χ3v) is 4.20. The highest BCUT2D eigenvalue weighted by Crippen LogP contribution is 2.12. The van der Waals surface area contributed by atoms with Crippen molar-refractivity contribution in [3.63, 3.8) is 0 Å². The standard InChI is InChI=1S/C12H26Cl2O3Si/c1-3-9-15-18(16-10-4-2)17-11-7-5-6-8-12(13)14/h12,18H,3-11H2,1-2H3. The molecule has 110 valence electrons. The summed E-state index contributed by atoms with van der Waals surface area (Å²) >= 11 is 11.3. The van der Waals surface area contributed by atoms with Crippen molar-refractivity contribution in [2.75, 3.05) is 19.8 Å².